The van der Waals surface area contributed by atoms with Crippen LogP contribution in [0, 0.1) is 25.2 Å². The molecule has 0 aromatic carbocycles. The summed E-state index contributed by atoms with van der Waals surface area (Å²) in [5.41, 5.74) is 1.21. The zero-order valence-corrected chi connectivity index (χ0v) is 15.5. The summed E-state index contributed by atoms with van der Waals surface area (Å²) in [6.45, 7) is 9.44. The van der Waals surface area contributed by atoms with Crippen molar-refractivity contribution in [3.8, 4) is 6.07 Å². The molecule has 1 aliphatic heterocycles. The summed E-state index contributed by atoms with van der Waals surface area (Å²) in [4.78, 5) is 17.4. The second kappa shape index (κ2) is 7.59. The average molecular weight is 344 g/mol. The van der Waals surface area contributed by atoms with Crippen molar-refractivity contribution >= 4 is 11.8 Å². The van der Waals surface area contributed by atoms with Crippen LogP contribution in [0.15, 0.2) is 4.42 Å². The highest BCUT2D eigenvalue weighted by molar-refractivity contribution is 5.94. The molecule has 2 heterocycles. The molecule has 3 rings (SSSR count). The summed E-state index contributed by atoms with van der Waals surface area (Å²) in [5.74, 6) is 0.836. The van der Waals surface area contributed by atoms with Gasteiger partial charge in [0.1, 0.15) is 17.4 Å². The number of carbonyl (C=O) groups is 1. The van der Waals surface area contributed by atoms with Crippen molar-refractivity contribution in [2.45, 2.75) is 58.5 Å². The van der Waals surface area contributed by atoms with Gasteiger partial charge in [-0.05, 0) is 33.6 Å². The van der Waals surface area contributed by atoms with E-state index in [2.05, 4.69) is 21.2 Å². The second-order valence-corrected chi connectivity index (χ2v) is 7.27. The summed E-state index contributed by atoms with van der Waals surface area (Å²) >= 11 is 0. The number of hydrogen-bond acceptors (Lipinski definition) is 5. The van der Waals surface area contributed by atoms with Gasteiger partial charge in [0, 0.05) is 37.8 Å². The first-order valence-corrected chi connectivity index (χ1v) is 9.30. The molecule has 1 N–H and O–H groups in total. The summed E-state index contributed by atoms with van der Waals surface area (Å²) in [6.07, 6.45) is 5.36. The number of carbonyl (C=O) groups excluding carboxylic acids is 1. The molecule has 2 aliphatic rings. The predicted molar refractivity (Wildman–Crippen MR) is 96.4 cm³/mol. The van der Waals surface area contributed by atoms with Gasteiger partial charge in [0.2, 0.25) is 11.8 Å². The van der Waals surface area contributed by atoms with Crippen LogP contribution in [-0.2, 0) is 4.79 Å². The Bertz CT molecular complexity index is 662. The maximum Gasteiger partial charge on any atom is 0.243 e. The van der Waals surface area contributed by atoms with E-state index in [4.69, 9.17) is 4.42 Å². The Morgan fingerprint density at radius 3 is 2.48 bits per heavy atom. The molecule has 136 valence electrons. The molecular formula is C19H28N4O2. The topological polar surface area (TPSA) is 72.5 Å². The fraction of sp³-hybridized carbons (Fsp3) is 0.684. The quantitative estimate of drug-likeness (QED) is 0.909. The van der Waals surface area contributed by atoms with Crippen LogP contribution in [0.1, 0.15) is 49.5 Å². The normalized spacial score (nSPS) is 21.2. The molecule has 6 heteroatoms. The zero-order chi connectivity index (χ0) is 18.0. The average Bonchev–Trinajstić information content (AvgIpc) is 3.24. The van der Waals surface area contributed by atoms with Gasteiger partial charge in [-0.15, -0.1) is 0 Å². The fourth-order valence-electron chi connectivity index (χ4n) is 3.99. The maximum absolute atomic E-state index is 12.6. The summed E-state index contributed by atoms with van der Waals surface area (Å²) in [7, 11) is 0. The summed E-state index contributed by atoms with van der Waals surface area (Å²) in [6, 6.07) is 2.63. The number of nitriles is 1. The molecule has 0 radical (unpaired) electrons. The Balaban J connectivity index is 1.56. The van der Waals surface area contributed by atoms with E-state index in [0.29, 0.717) is 11.3 Å². The van der Waals surface area contributed by atoms with E-state index < -0.39 is 0 Å². The van der Waals surface area contributed by atoms with Gasteiger partial charge in [0.25, 0.3) is 0 Å². The van der Waals surface area contributed by atoms with Gasteiger partial charge in [-0.1, -0.05) is 12.8 Å². The van der Waals surface area contributed by atoms with Crippen molar-refractivity contribution in [2.75, 3.05) is 31.5 Å². The van der Waals surface area contributed by atoms with Gasteiger partial charge in [-0.3, -0.25) is 19.9 Å². The third-order valence-corrected chi connectivity index (χ3v) is 5.85. The smallest absolute Gasteiger partial charge is 0.243 e. The summed E-state index contributed by atoms with van der Waals surface area (Å²) in [5, 5.41) is 12.1. The van der Waals surface area contributed by atoms with Gasteiger partial charge in [-0.25, -0.2) is 0 Å². The zero-order valence-electron chi connectivity index (χ0n) is 15.5. The van der Waals surface area contributed by atoms with Gasteiger partial charge < -0.3 is 4.42 Å². The number of aryl methyl sites for hydroxylation is 1. The van der Waals surface area contributed by atoms with Crippen molar-refractivity contribution < 1.29 is 9.21 Å². The molecule has 1 amide bonds. The largest absolute Gasteiger partial charge is 0.444 e. The second-order valence-electron chi connectivity index (χ2n) is 7.27. The van der Waals surface area contributed by atoms with Crippen LogP contribution in [0.3, 0.4) is 0 Å². The number of rotatable bonds is 4. The first-order valence-electron chi connectivity index (χ1n) is 9.30. The monoisotopic (exact) mass is 344 g/mol. The third-order valence-electron chi connectivity index (χ3n) is 5.85. The number of nitrogens with zero attached hydrogens (tertiary/aromatic N) is 3. The lowest BCUT2D eigenvalue weighted by Gasteiger charge is -2.40. The summed E-state index contributed by atoms with van der Waals surface area (Å²) < 4.78 is 5.55. The van der Waals surface area contributed by atoms with Gasteiger partial charge in [0.05, 0.1) is 6.04 Å². The van der Waals surface area contributed by atoms with Crippen LogP contribution in [0.25, 0.3) is 0 Å². The molecule has 6 nitrogen and oxygen atoms in total. The van der Waals surface area contributed by atoms with Crippen LogP contribution in [0.5, 0.6) is 0 Å². The lowest BCUT2D eigenvalue weighted by atomic mass is 10.1. The van der Waals surface area contributed by atoms with Crippen LogP contribution >= 0.6 is 0 Å². The van der Waals surface area contributed by atoms with Crippen LogP contribution < -0.4 is 5.32 Å². The third kappa shape index (κ3) is 3.73. The molecule has 1 aromatic rings. The van der Waals surface area contributed by atoms with Crippen LogP contribution in [-0.4, -0.2) is 54.0 Å². The number of hydrogen-bond donors (Lipinski definition) is 1. The predicted octanol–water partition coefficient (Wildman–Crippen LogP) is 2.66. The van der Waals surface area contributed by atoms with Crippen molar-refractivity contribution in [3.63, 3.8) is 0 Å². The van der Waals surface area contributed by atoms with Gasteiger partial charge >= 0.3 is 0 Å². The highest BCUT2D eigenvalue weighted by Gasteiger charge is 2.30. The Labute approximate surface area is 149 Å². The molecule has 2 fully saturated rings. The van der Waals surface area contributed by atoms with Crippen molar-refractivity contribution in [1.29, 1.82) is 5.26 Å². The lowest BCUT2D eigenvalue weighted by Crippen LogP contribution is -2.54. The van der Waals surface area contributed by atoms with Crippen LogP contribution in [0.4, 0.5) is 5.88 Å². The van der Waals surface area contributed by atoms with Crippen molar-refractivity contribution in [1.82, 2.24) is 9.80 Å². The Kier molecular flexibility index (Phi) is 5.45. The van der Waals surface area contributed by atoms with E-state index in [0.717, 1.165) is 37.8 Å². The lowest BCUT2D eigenvalue weighted by molar-refractivity contribution is -0.121. The molecular weight excluding hydrogens is 316 g/mol. The number of piperazine rings is 1. The maximum atomic E-state index is 12.6. The number of furan rings is 1. The van der Waals surface area contributed by atoms with E-state index in [1.54, 1.807) is 6.92 Å². The first-order chi connectivity index (χ1) is 12.0. The SMILES string of the molecule is Cc1oc(NC(=O)C(C)N2CCN(C3CCCC3)CC2)c(C#N)c1C. The fourth-order valence-corrected chi connectivity index (χ4v) is 3.99. The first kappa shape index (κ1) is 18.0. The molecule has 1 atom stereocenters. The minimum atomic E-state index is -0.233. The Morgan fingerprint density at radius 1 is 1.24 bits per heavy atom. The van der Waals surface area contributed by atoms with Crippen LogP contribution in [0.2, 0.25) is 0 Å². The molecule has 1 unspecified atom stereocenters. The minimum absolute atomic E-state index is 0.112. The van der Waals surface area contributed by atoms with E-state index in [9.17, 15) is 10.1 Å². The molecule has 1 aliphatic carbocycles. The highest BCUT2D eigenvalue weighted by Crippen LogP contribution is 2.26. The minimum Gasteiger partial charge on any atom is -0.444 e. The number of anilines is 1. The molecule has 1 aromatic heterocycles. The molecule has 0 spiro atoms. The van der Waals surface area contributed by atoms with Gasteiger partial charge in [-0.2, -0.15) is 5.26 Å². The van der Waals surface area contributed by atoms with E-state index in [1.807, 2.05) is 13.8 Å². The van der Waals surface area contributed by atoms with Crippen molar-refractivity contribution in [3.05, 3.63) is 16.9 Å². The van der Waals surface area contributed by atoms with E-state index in [-0.39, 0.29) is 17.8 Å². The Hall–Kier alpha value is -1.84. The standard InChI is InChI=1S/C19H28N4O2/c1-13-15(3)25-19(17(13)12-20)21-18(24)14(2)22-8-10-23(11-9-22)16-6-4-5-7-16/h14,16H,4-11H2,1-3H3,(H,21,24). The molecule has 0 bridgehead atoms. The van der Waals surface area contributed by atoms with E-state index in [1.165, 1.54) is 25.7 Å². The number of nitrogens with one attached hydrogen (secondary N) is 1. The molecule has 25 heavy (non-hydrogen) atoms. The van der Waals surface area contributed by atoms with Gasteiger partial charge in [0.15, 0.2) is 0 Å². The van der Waals surface area contributed by atoms with E-state index >= 15 is 0 Å². The molecule has 1 saturated heterocycles. The number of amides is 1. The van der Waals surface area contributed by atoms with Crippen molar-refractivity contribution in [2.24, 2.45) is 0 Å². The Morgan fingerprint density at radius 2 is 1.88 bits per heavy atom. The highest BCUT2D eigenvalue weighted by atomic mass is 16.4. The molecule has 1 saturated carbocycles.